The number of carbonyl (C=O) groups excluding carboxylic acids is 8. The van der Waals surface area contributed by atoms with Gasteiger partial charge in [0.05, 0.1) is 31.6 Å². The topological polar surface area (TPSA) is 452 Å². The highest BCUT2D eigenvalue weighted by Crippen LogP contribution is 2.08. The Morgan fingerprint density at radius 3 is 1.51 bits per heavy atom. The van der Waals surface area contributed by atoms with Gasteiger partial charge in [0.15, 0.2) is 5.96 Å². The van der Waals surface area contributed by atoms with Crippen molar-refractivity contribution in [1.82, 2.24) is 37.2 Å². The van der Waals surface area contributed by atoms with Crippen molar-refractivity contribution in [3.8, 4) is 0 Å². The van der Waals surface area contributed by atoms with Gasteiger partial charge in [-0.05, 0) is 32.1 Å². The minimum absolute atomic E-state index is 0.0124. The summed E-state index contributed by atoms with van der Waals surface area (Å²) < 4.78 is 0. The maximum Gasteiger partial charge on any atom is 0.305 e. The zero-order valence-corrected chi connectivity index (χ0v) is 35.4. The molecule has 0 aromatic carbocycles. The van der Waals surface area contributed by atoms with Crippen molar-refractivity contribution in [2.45, 2.75) is 107 Å². The second-order valence-corrected chi connectivity index (χ2v) is 14.7. The first kappa shape index (κ1) is 55.5. The second kappa shape index (κ2) is 28.1. The molecule has 346 valence electrons. The molecule has 0 saturated carbocycles. The first-order valence-electron chi connectivity index (χ1n) is 18.6. The normalized spacial score (nSPS) is 15.4. The fourth-order valence-corrected chi connectivity index (χ4v) is 5.55. The molecule has 0 aliphatic carbocycles. The van der Waals surface area contributed by atoms with Gasteiger partial charge >= 0.3 is 11.9 Å². The number of carbonyl (C=O) groups is 10. The van der Waals surface area contributed by atoms with Crippen molar-refractivity contribution < 1.29 is 68.4 Å². The summed E-state index contributed by atoms with van der Waals surface area (Å²) in [5, 5.41) is 54.5. The number of nitrogens with zero attached hydrogens (tertiary/aromatic N) is 1. The van der Waals surface area contributed by atoms with Gasteiger partial charge in [-0.25, -0.2) is 0 Å². The summed E-state index contributed by atoms with van der Waals surface area (Å²) in [7, 11) is 0. The first-order chi connectivity index (χ1) is 28.4. The maximum absolute atomic E-state index is 13.5. The molecule has 0 spiro atoms. The van der Waals surface area contributed by atoms with Crippen molar-refractivity contribution in [2.75, 3.05) is 24.7 Å². The van der Waals surface area contributed by atoms with Crippen LogP contribution in [0.5, 0.6) is 0 Å². The summed E-state index contributed by atoms with van der Waals surface area (Å²) >= 11 is 7.97. The summed E-state index contributed by atoms with van der Waals surface area (Å²) in [6.07, 6.45) is -3.73. The molecule has 0 heterocycles. The number of hydrogen-bond donors (Lipinski definition) is 17. The fourth-order valence-electron chi connectivity index (χ4n) is 5.02. The fraction of sp³-hybridized carbons (Fsp3) is 0.667. The monoisotopic (exact) mass is 910 g/mol. The molecule has 9 atom stereocenters. The molecule has 19 N–H and O–H groups in total. The number of nitrogens with two attached hydrogens (primary N) is 4. The molecule has 0 saturated heterocycles. The Labute approximate surface area is 361 Å². The molecule has 0 aliphatic rings. The van der Waals surface area contributed by atoms with Crippen LogP contribution in [0.15, 0.2) is 4.99 Å². The summed E-state index contributed by atoms with van der Waals surface area (Å²) in [5.74, 6) is -12.7. The minimum atomic E-state index is -2.01. The van der Waals surface area contributed by atoms with Gasteiger partial charge in [-0.3, -0.25) is 52.9 Å². The molecule has 26 nitrogen and oxygen atoms in total. The number of rotatable bonds is 29. The molecule has 61 heavy (non-hydrogen) atoms. The summed E-state index contributed by atoms with van der Waals surface area (Å²) in [6, 6.07) is -12.8. The van der Waals surface area contributed by atoms with Crippen LogP contribution < -0.4 is 60.2 Å². The lowest BCUT2D eigenvalue weighted by atomic mass is 10.0. The van der Waals surface area contributed by atoms with Gasteiger partial charge in [0.2, 0.25) is 47.3 Å². The number of aliphatic hydroxyl groups is 2. The van der Waals surface area contributed by atoms with Crippen molar-refractivity contribution >= 4 is 90.4 Å². The van der Waals surface area contributed by atoms with E-state index in [0.717, 1.165) is 6.92 Å². The summed E-state index contributed by atoms with van der Waals surface area (Å²) in [6.45, 7) is 3.32. The van der Waals surface area contributed by atoms with Crippen LogP contribution in [0.25, 0.3) is 0 Å². The lowest BCUT2D eigenvalue weighted by Gasteiger charge is -2.28. The zero-order chi connectivity index (χ0) is 47.1. The average Bonchev–Trinajstić information content (AvgIpc) is 3.15. The van der Waals surface area contributed by atoms with Crippen molar-refractivity contribution in [2.24, 2.45) is 33.8 Å². The molecule has 0 fully saturated rings. The van der Waals surface area contributed by atoms with Crippen molar-refractivity contribution in [3.63, 3.8) is 0 Å². The highest BCUT2D eigenvalue weighted by Gasteiger charge is 2.36. The van der Waals surface area contributed by atoms with Gasteiger partial charge in [0.25, 0.3) is 0 Å². The Hall–Kier alpha value is -5.45. The molecule has 0 aromatic rings. The summed E-state index contributed by atoms with van der Waals surface area (Å²) in [4.78, 5) is 130. The molecule has 0 unspecified atom stereocenters. The quantitative estimate of drug-likeness (QED) is 0.0143. The predicted molar refractivity (Wildman–Crippen MR) is 221 cm³/mol. The number of amides is 8. The standard InChI is InChI=1S/C33H58N12O14S2/c1-13(2)7-17(28(55)43-20(11-60)25(35)52)41-32(59)24(14(3)47)45-29(56)18(9-23(50)51)40-30(57)19(10-46)42-27(54)16(5-4-6-38-33(36)37)39-31(58)21(12-61)44-26(53)15(34)8-22(48)49/h13-21,24,46-47,60-61H,4-12,34H2,1-3H3,(H2,35,52)(H,39,58)(H,40,57)(H,41,59)(H,42,54)(H,43,55)(H,44,53)(H,45,56)(H,48,49)(H,50,51)(H4,36,37,38)/t14-,15+,16+,17+,18+,19+,20+,21+,24+/m1/s1. The third-order valence-electron chi connectivity index (χ3n) is 8.20. The van der Waals surface area contributed by atoms with Crippen LogP contribution in [-0.4, -0.2) is 165 Å². The van der Waals surface area contributed by atoms with E-state index in [2.05, 4.69) is 62.2 Å². The second-order valence-electron chi connectivity index (χ2n) is 13.9. The maximum atomic E-state index is 13.5. The van der Waals surface area contributed by atoms with E-state index in [0.29, 0.717) is 0 Å². The average molecular weight is 911 g/mol. The Morgan fingerprint density at radius 2 is 1.03 bits per heavy atom. The molecule has 28 heteroatoms. The number of carboxylic acids is 2. The Balaban J connectivity index is 6.25. The molecule has 8 amide bonds. The van der Waals surface area contributed by atoms with E-state index >= 15 is 0 Å². The van der Waals surface area contributed by atoms with Gasteiger partial charge in [0, 0.05) is 18.1 Å². The number of hydrogen-bond acceptors (Lipinski definition) is 16. The molecular formula is C33H58N12O14S2. The predicted octanol–water partition coefficient (Wildman–Crippen LogP) is -7.53. The minimum Gasteiger partial charge on any atom is -0.481 e. The van der Waals surface area contributed by atoms with Crippen LogP contribution >= 0.6 is 25.3 Å². The SMILES string of the molecule is CC(C)C[C@H](NC(=O)[C@@H](NC(=O)[C@H](CC(=O)O)NC(=O)[C@H](CO)NC(=O)[C@H](CCCN=C(N)N)NC(=O)[C@H](CS)NC(=O)[C@@H](N)CC(=O)O)[C@@H](C)O)C(=O)N[C@@H](CS)C(N)=O. The number of nitrogens with one attached hydrogen (secondary N) is 7. The highest BCUT2D eigenvalue weighted by atomic mass is 32.1. The number of thiol groups is 2. The lowest BCUT2D eigenvalue weighted by molar-refractivity contribution is -0.142. The van der Waals surface area contributed by atoms with E-state index in [1.165, 1.54) is 0 Å². The van der Waals surface area contributed by atoms with Crippen LogP contribution in [0.2, 0.25) is 0 Å². The number of guanidine groups is 1. The smallest absolute Gasteiger partial charge is 0.305 e. The molecule has 0 bridgehead atoms. The highest BCUT2D eigenvalue weighted by molar-refractivity contribution is 7.80. The van der Waals surface area contributed by atoms with Crippen molar-refractivity contribution in [1.29, 1.82) is 0 Å². The van der Waals surface area contributed by atoms with Crippen molar-refractivity contribution in [3.05, 3.63) is 0 Å². The van der Waals surface area contributed by atoms with E-state index in [9.17, 15) is 63.3 Å². The molecule has 0 radical (unpaired) electrons. The number of aliphatic carboxylic acids is 2. The van der Waals surface area contributed by atoms with Gasteiger partial charge in [-0.2, -0.15) is 25.3 Å². The van der Waals surface area contributed by atoms with Gasteiger partial charge in [-0.15, -0.1) is 0 Å². The summed E-state index contributed by atoms with van der Waals surface area (Å²) in [5.41, 5.74) is 21.5. The lowest BCUT2D eigenvalue weighted by Crippen LogP contribution is -2.62. The van der Waals surface area contributed by atoms with E-state index < -0.39 is 133 Å². The van der Waals surface area contributed by atoms with Crippen LogP contribution in [0, 0.1) is 5.92 Å². The Kier molecular flexibility index (Phi) is 25.6. The van der Waals surface area contributed by atoms with E-state index in [1.807, 2.05) is 5.32 Å². The third-order valence-corrected chi connectivity index (χ3v) is 8.93. The van der Waals surface area contributed by atoms with E-state index in [4.69, 9.17) is 28.0 Å². The Bertz CT molecular complexity index is 1600. The van der Waals surface area contributed by atoms with Gasteiger partial charge in [-0.1, -0.05) is 13.8 Å². The zero-order valence-electron chi connectivity index (χ0n) is 33.7. The number of aliphatic imine (C=N–C) groups is 1. The van der Waals surface area contributed by atoms with Crippen LogP contribution in [0.3, 0.4) is 0 Å². The van der Waals surface area contributed by atoms with Crippen LogP contribution in [0.1, 0.15) is 52.9 Å². The van der Waals surface area contributed by atoms with E-state index in [-0.39, 0.29) is 49.2 Å². The Morgan fingerprint density at radius 1 is 0.590 bits per heavy atom. The van der Waals surface area contributed by atoms with Crippen LogP contribution in [-0.2, 0) is 47.9 Å². The molecule has 0 aromatic heterocycles. The first-order valence-corrected chi connectivity index (χ1v) is 19.8. The van der Waals surface area contributed by atoms with E-state index in [1.54, 1.807) is 13.8 Å². The van der Waals surface area contributed by atoms with Gasteiger partial charge in [0.1, 0.15) is 42.3 Å². The number of carboxylic acid groups (broad SMARTS) is 2. The molecular weight excluding hydrogens is 853 g/mol. The number of aliphatic hydroxyl groups excluding tert-OH is 2. The van der Waals surface area contributed by atoms with Gasteiger partial charge < -0.3 is 80.6 Å². The molecule has 0 rings (SSSR count). The van der Waals surface area contributed by atoms with Crippen LogP contribution in [0.4, 0.5) is 0 Å². The largest absolute Gasteiger partial charge is 0.481 e. The molecule has 0 aliphatic heterocycles. The number of primary amides is 1. The third kappa shape index (κ3) is 21.6.